The average molecular weight is 366 g/mol. The van der Waals surface area contributed by atoms with Crippen molar-refractivity contribution < 1.29 is 19.1 Å². The highest BCUT2D eigenvalue weighted by Crippen LogP contribution is 2.29. The Kier molecular flexibility index (Phi) is 6.99. The van der Waals surface area contributed by atoms with Gasteiger partial charge in [0.15, 0.2) is 6.61 Å². The fraction of sp³-hybridized carbons (Fsp3) is 0.611. The summed E-state index contributed by atoms with van der Waals surface area (Å²) in [6.07, 6.45) is 3.25. The monoisotopic (exact) mass is 366 g/mol. The molecule has 2 rings (SSSR count). The molecule has 1 heterocycles. The summed E-state index contributed by atoms with van der Waals surface area (Å²) in [5.74, 6) is -0.231. The molecule has 0 radical (unpaired) electrons. The van der Waals surface area contributed by atoms with Gasteiger partial charge in [0, 0.05) is 10.9 Å². The van der Waals surface area contributed by atoms with E-state index in [2.05, 4.69) is 24.5 Å². The third-order valence-electron chi connectivity index (χ3n) is 4.77. The Morgan fingerprint density at radius 1 is 1.24 bits per heavy atom. The molecule has 2 amide bonds. The molecule has 1 aromatic rings. The number of hydrogen-bond acceptors (Lipinski definition) is 5. The second-order valence-corrected chi connectivity index (χ2v) is 7.98. The van der Waals surface area contributed by atoms with E-state index in [-0.39, 0.29) is 31.0 Å². The first-order chi connectivity index (χ1) is 11.9. The molecule has 0 saturated heterocycles. The highest BCUT2D eigenvalue weighted by Gasteiger charge is 2.28. The summed E-state index contributed by atoms with van der Waals surface area (Å²) in [5.41, 5.74) is 0. The van der Waals surface area contributed by atoms with Crippen molar-refractivity contribution in [1.82, 2.24) is 10.6 Å². The predicted octanol–water partition coefficient (Wildman–Crippen LogP) is 2.27. The maximum Gasteiger partial charge on any atom is 0.325 e. The third kappa shape index (κ3) is 5.85. The lowest BCUT2D eigenvalue weighted by atomic mass is 9.78. The SMILES string of the molecule is Cc1ccc(C(=O)NCC(=O)OCC(=O)N[C@@H]2CCC[C@@H](C)[C@H]2C)s1. The lowest BCUT2D eigenvalue weighted by Gasteiger charge is -2.34. The second-order valence-electron chi connectivity index (χ2n) is 6.69. The van der Waals surface area contributed by atoms with Crippen LogP contribution in [0.4, 0.5) is 0 Å². The predicted molar refractivity (Wildman–Crippen MR) is 96.5 cm³/mol. The van der Waals surface area contributed by atoms with Gasteiger partial charge in [-0.2, -0.15) is 0 Å². The molecule has 1 aliphatic carbocycles. The molecule has 7 heteroatoms. The molecule has 1 saturated carbocycles. The van der Waals surface area contributed by atoms with Gasteiger partial charge in [-0.1, -0.05) is 26.7 Å². The maximum atomic E-state index is 12.0. The molecule has 0 aliphatic heterocycles. The molecular formula is C18H26N2O4S. The van der Waals surface area contributed by atoms with Crippen molar-refractivity contribution >= 4 is 29.1 Å². The summed E-state index contributed by atoms with van der Waals surface area (Å²) in [6, 6.07) is 3.69. The fourth-order valence-electron chi connectivity index (χ4n) is 3.03. The Labute approximate surface area is 152 Å². The van der Waals surface area contributed by atoms with E-state index < -0.39 is 5.97 Å². The van der Waals surface area contributed by atoms with Crippen molar-refractivity contribution in [3.8, 4) is 0 Å². The largest absolute Gasteiger partial charge is 0.454 e. The Morgan fingerprint density at radius 3 is 2.68 bits per heavy atom. The first-order valence-electron chi connectivity index (χ1n) is 8.66. The second kappa shape index (κ2) is 8.99. The Bertz CT molecular complexity index is 628. The van der Waals surface area contributed by atoms with E-state index in [1.165, 1.54) is 17.8 Å². The van der Waals surface area contributed by atoms with E-state index in [1.807, 2.05) is 13.0 Å². The van der Waals surface area contributed by atoms with Crippen LogP contribution in [-0.2, 0) is 14.3 Å². The molecule has 0 unspecified atom stereocenters. The lowest BCUT2D eigenvalue weighted by Crippen LogP contribution is -2.45. The van der Waals surface area contributed by atoms with Crippen LogP contribution in [0.15, 0.2) is 12.1 Å². The Hall–Kier alpha value is -1.89. The smallest absolute Gasteiger partial charge is 0.325 e. The van der Waals surface area contributed by atoms with Crippen LogP contribution in [0.1, 0.15) is 47.7 Å². The summed E-state index contributed by atoms with van der Waals surface area (Å²) < 4.78 is 4.94. The van der Waals surface area contributed by atoms with E-state index >= 15 is 0 Å². The van der Waals surface area contributed by atoms with Gasteiger partial charge >= 0.3 is 5.97 Å². The molecule has 1 aliphatic rings. The molecule has 1 fully saturated rings. The zero-order valence-corrected chi connectivity index (χ0v) is 15.8. The van der Waals surface area contributed by atoms with Crippen LogP contribution in [0.5, 0.6) is 0 Å². The molecule has 2 N–H and O–H groups in total. The van der Waals surface area contributed by atoms with Gasteiger partial charge in [-0.25, -0.2) is 0 Å². The van der Waals surface area contributed by atoms with Crippen molar-refractivity contribution in [2.75, 3.05) is 13.2 Å². The normalized spacial score (nSPS) is 22.9. The van der Waals surface area contributed by atoms with Crippen LogP contribution >= 0.6 is 11.3 Å². The Morgan fingerprint density at radius 2 is 2.00 bits per heavy atom. The number of esters is 1. The van der Waals surface area contributed by atoms with Gasteiger partial charge in [0.25, 0.3) is 11.8 Å². The number of hydrogen-bond donors (Lipinski definition) is 2. The van der Waals surface area contributed by atoms with Gasteiger partial charge in [0.05, 0.1) is 4.88 Å². The minimum Gasteiger partial charge on any atom is -0.454 e. The quantitative estimate of drug-likeness (QED) is 0.757. The Balaban J connectivity index is 1.67. The van der Waals surface area contributed by atoms with Crippen LogP contribution in [0.25, 0.3) is 0 Å². The van der Waals surface area contributed by atoms with Crippen LogP contribution in [0, 0.1) is 18.8 Å². The number of thiophene rings is 1. The number of carbonyl (C=O) groups excluding carboxylic acids is 3. The standard InChI is InChI=1S/C18H26N2O4S/c1-11-5-4-6-14(13(11)3)20-16(21)10-24-17(22)9-19-18(23)15-8-7-12(2)25-15/h7-8,11,13-14H,4-6,9-10H2,1-3H3,(H,19,23)(H,20,21)/t11-,13-,14-/m1/s1. The van der Waals surface area contributed by atoms with Gasteiger partial charge in [0.1, 0.15) is 6.54 Å². The van der Waals surface area contributed by atoms with Crippen molar-refractivity contribution in [2.24, 2.45) is 11.8 Å². The zero-order chi connectivity index (χ0) is 18.4. The average Bonchev–Trinajstić information content (AvgIpc) is 3.01. The number of rotatable bonds is 6. The maximum absolute atomic E-state index is 12.0. The molecular weight excluding hydrogens is 340 g/mol. The van der Waals surface area contributed by atoms with Crippen LogP contribution < -0.4 is 10.6 Å². The molecule has 0 spiro atoms. The van der Waals surface area contributed by atoms with Gasteiger partial charge in [-0.05, 0) is 37.3 Å². The van der Waals surface area contributed by atoms with Crippen LogP contribution in [0.2, 0.25) is 0 Å². The van der Waals surface area contributed by atoms with Gasteiger partial charge in [-0.3, -0.25) is 14.4 Å². The summed E-state index contributed by atoms with van der Waals surface area (Å²) >= 11 is 1.36. The van der Waals surface area contributed by atoms with Gasteiger partial charge in [0.2, 0.25) is 0 Å². The van der Waals surface area contributed by atoms with Crippen LogP contribution in [0.3, 0.4) is 0 Å². The first-order valence-corrected chi connectivity index (χ1v) is 9.48. The van der Waals surface area contributed by atoms with Gasteiger partial charge in [-0.15, -0.1) is 11.3 Å². The van der Waals surface area contributed by atoms with E-state index in [1.54, 1.807) is 6.07 Å². The third-order valence-corrected chi connectivity index (χ3v) is 5.77. The molecule has 6 nitrogen and oxygen atoms in total. The number of ether oxygens (including phenoxy) is 1. The summed E-state index contributed by atoms with van der Waals surface area (Å²) in [6.45, 7) is 5.68. The van der Waals surface area contributed by atoms with E-state index in [0.717, 1.165) is 17.7 Å². The summed E-state index contributed by atoms with van der Waals surface area (Å²) in [5, 5.41) is 5.44. The highest BCUT2D eigenvalue weighted by molar-refractivity contribution is 7.13. The number of amides is 2. The number of nitrogens with one attached hydrogen (secondary N) is 2. The van der Waals surface area contributed by atoms with Crippen LogP contribution in [-0.4, -0.2) is 37.0 Å². The van der Waals surface area contributed by atoms with Crippen molar-refractivity contribution in [3.63, 3.8) is 0 Å². The van der Waals surface area contributed by atoms with E-state index in [9.17, 15) is 14.4 Å². The number of aryl methyl sites for hydroxylation is 1. The minimum atomic E-state index is -0.623. The first kappa shape index (κ1) is 19.4. The molecule has 138 valence electrons. The number of carbonyl (C=O) groups is 3. The van der Waals surface area contributed by atoms with Crippen molar-refractivity contribution in [1.29, 1.82) is 0 Å². The highest BCUT2D eigenvalue weighted by atomic mass is 32.1. The van der Waals surface area contributed by atoms with Crippen molar-refractivity contribution in [3.05, 3.63) is 21.9 Å². The van der Waals surface area contributed by atoms with Gasteiger partial charge < -0.3 is 15.4 Å². The fourth-order valence-corrected chi connectivity index (χ4v) is 3.81. The molecule has 25 heavy (non-hydrogen) atoms. The summed E-state index contributed by atoms with van der Waals surface area (Å²) in [4.78, 5) is 37.1. The lowest BCUT2D eigenvalue weighted by molar-refractivity contribution is -0.147. The molecule has 0 aromatic carbocycles. The van der Waals surface area contributed by atoms with E-state index in [0.29, 0.717) is 16.7 Å². The summed E-state index contributed by atoms with van der Waals surface area (Å²) in [7, 11) is 0. The zero-order valence-electron chi connectivity index (χ0n) is 15.0. The van der Waals surface area contributed by atoms with Crippen molar-refractivity contribution in [2.45, 2.75) is 46.1 Å². The molecule has 0 bridgehead atoms. The minimum absolute atomic E-state index is 0.136. The topological polar surface area (TPSA) is 84.5 Å². The molecule has 1 aromatic heterocycles. The molecule has 3 atom stereocenters. The van der Waals surface area contributed by atoms with E-state index in [4.69, 9.17) is 4.74 Å².